The van der Waals surface area contributed by atoms with Crippen molar-refractivity contribution in [2.45, 2.75) is 6.42 Å². The van der Waals surface area contributed by atoms with Gasteiger partial charge < -0.3 is 14.6 Å². The second kappa shape index (κ2) is 4.96. The Hall–Kier alpha value is -3.08. The van der Waals surface area contributed by atoms with Crippen LogP contribution in [0.1, 0.15) is 5.56 Å². The van der Waals surface area contributed by atoms with Gasteiger partial charge in [-0.15, -0.1) is 0 Å². The van der Waals surface area contributed by atoms with E-state index in [1.165, 1.54) is 11.3 Å². The smallest absolute Gasteiger partial charge is 0.160 e. The van der Waals surface area contributed by atoms with Crippen molar-refractivity contribution in [3.8, 4) is 5.75 Å². The Morgan fingerprint density at radius 1 is 1.12 bits per heavy atom. The van der Waals surface area contributed by atoms with E-state index in [0.717, 1.165) is 46.5 Å². The van der Waals surface area contributed by atoms with E-state index in [0.29, 0.717) is 0 Å². The van der Waals surface area contributed by atoms with Crippen molar-refractivity contribution in [3.63, 3.8) is 0 Å². The highest BCUT2D eigenvalue weighted by Crippen LogP contribution is 2.38. The summed E-state index contributed by atoms with van der Waals surface area (Å²) in [5.41, 5.74) is 5.53. The molecular formula is C19H16N4O. The monoisotopic (exact) mass is 316 g/mol. The Labute approximate surface area is 138 Å². The summed E-state index contributed by atoms with van der Waals surface area (Å²) in [6, 6.07) is 14.5. The average molecular weight is 316 g/mol. The van der Waals surface area contributed by atoms with Gasteiger partial charge in [-0.2, -0.15) is 0 Å². The Bertz CT molecular complexity index is 1070. The number of methoxy groups -OCH3 is 1. The number of benzene rings is 2. The van der Waals surface area contributed by atoms with Gasteiger partial charge >= 0.3 is 0 Å². The Morgan fingerprint density at radius 2 is 2.04 bits per heavy atom. The maximum absolute atomic E-state index is 5.35. The normalized spacial score (nSPS) is 13.6. The number of hydrogen-bond donors (Lipinski definition) is 1. The maximum atomic E-state index is 5.35. The van der Waals surface area contributed by atoms with Crippen LogP contribution in [0.3, 0.4) is 0 Å². The third kappa shape index (κ3) is 1.81. The van der Waals surface area contributed by atoms with Crippen molar-refractivity contribution < 1.29 is 4.74 Å². The fourth-order valence-electron chi connectivity index (χ4n) is 3.55. The average Bonchev–Trinajstić information content (AvgIpc) is 3.22. The molecule has 0 unspecified atom stereocenters. The van der Waals surface area contributed by atoms with Crippen molar-refractivity contribution in [3.05, 3.63) is 54.4 Å². The maximum Gasteiger partial charge on any atom is 0.160 e. The highest BCUT2D eigenvalue weighted by Gasteiger charge is 2.24. The SMILES string of the molecule is COc1ccc2[nH]c3c(N4CCc5ccccc54)ncnc3c2c1. The number of fused-ring (bicyclic) bond motifs is 4. The van der Waals surface area contributed by atoms with Crippen molar-refractivity contribution in [2.75, 3.05) is 18.6 Å². The fourth-order valence-corrected chi connectivity index (χ4v) is 3.55. The molecule has 0 saturated heterocycles. The summed E-state index contributed by atoms with van der Waals surface area (Å²) in [5.74, 6) is 1.76. The Balaban J connectivity index is 1.76. The van der Waals surface area contributed by atoms with Crippen molar-refractivity contribution in [2.24, 2.45) is 0 Å². The van der Waals surface area contributed by atoms with Gasteiger partial charge in [0.05, 0.1) is 7.11 Å². The standard InChI is InChI=1S/C19H16N4O/c1-24-13-6-7-15-14(10-13)17-18(22-15)19(21-11-20-17)23-9-8-12-4-2-3-5-16(12)23/h2-7,10-11,22H,8-9H2,1H3. The molecule has 0 atom stereocenters. The number of nitrogens with zero attached hydrogens (tertiary/aromatic N) is 3. The predicted octanol–water partition coefficient (Wildman–Crippen LogP) is 3.81. The number of rotatable bonds is 2. The number of ether oxygens (including phenoxy) is 1. The van der Waals surface area contributed by atoms with Crippen molar-refractivity contribution >= 4 is 33.4 Å². The lowest BCUT2D eigenvalue weighted by Gasteiger charge is -2.18. The zero-order valence-corrected chi connectivity index (χ0v) is 13.3. The first-order valence-electron chi connectivity index (χ1n) is 8.01. The number of aromatic nitrogens is 3. The summed E-state index contributed by atoms with van der Waals surface area (Å²) in [7, 11) is 1.68. The number of anilines is 2. The molecule has 4 aromatic rings. The van der Waals surface area contributed by atoms with E-state index in [4.69, 9.17) is 4.74 Å². The van der Waals surface area contributed by atoms with Gasteiger partial charge in [0.2, 0.25) is 0 Å². The van der Waals surface area contributed by atoms with Crippen LogP contribution in [0, 0.1) is 0 Å². The van der Waals surface area contributed by atoms with Gasteiger partial charge in [-0.05, 0) is 36.2 Å². The molecule has 0 saturated carbocycles. The van der Waals surface area contributed by atoms with Gasteiger partial charge in [0.15, 0.2) is 5.82 Å². The van der Waals surface area contributed by atoms with Gasteiger partial charge in [0.1, 0.15) is 23.1 Å². The molecule has 24 heavy (non-hydrogen) atoms. The molecule has 5 heteroatoms. The zero-order chi connectivity index (χ0) is 16.1. The first kappa shape index (κ1) is 13.4. The molecule has 0 amide bonds. The van der Waals surface area contributed by atoms with Crippen LogP contribution in [0.4, 0.5) is 11.5 Å². The second-order valence-corrected chi connectivity index (χ2v) is 5.99. The van der Waals surface area contributed by atoms with Crippen molar-refractivity contribution in [1.29, 1.82) is 0 Å². The fraction of sp³-hybridized carbons (Fsp3) is 0.158. The molecule has 3 heterocycles. The minimum atomic E-state index is 0.829. The zero-order valence-electron chi connectivity index (χ0n) is 13.3. The molecule has 118 valence electrons. The molecular weight excluding hydrogens is 300 g/mol. The van der Waals surface area contributed by atoms with E-state index in [9.17, 15) is 0 Å². The van der Waals surface area contributed by atoms with Crippen LogP contribution in [0.2, 0.25) is 0 Å². The van der Waals surface area contributed by atoms with Crippen LogP contribution in [-0.2, 0) is 6.42 Å². The van der Waals surface area contributed by atoms with Gasteiger partial charge in [-0.3, -0.25) is 0 Å². The van der Waals surface area contributed by atoms with Gasteiger partial charge in [0, 0.05) is 23.1 Å². The van der Waals surface area contributed by atoms with Crippen LogP contribution in [0.25, 0.3) is 21.9 Å². The first-order valence-corrected chi connectivity index (χ1v) is 8.01. The van der Waals surface area contributed by atoms with Crippen molar-refractivity contribution in [1.82, 2.24) is 15.0 Å². The molecule has 2 aromatic carbocycles. The van der Waals surface area contributed by atoms with E-state index in [1.807, 2.05) is 18.2 Å². The number of para-hydroxylation sites is 1. The van der Waals surface area contributed by atoms with Gasteiger partial charge in [0.25, 0.3) is 0 Å². The molecule has 1 aliphatic rings. The van der Waals surface area contributed by atoms with Gasteiger partial charge in [-0.25, -0.2) is 9.97 Å². The lowest BCUT2D eigenvalue weighted by Crippen LogP contribution is -2.15. The third-order valence-corrected chi connectivity index (χ3v) is 4.71. The minimum absolute atomic E-state index is 0.829. The van der Waals surface area contributed by atoms with Crippen LogP contribution in [0.15, 0.2) is 48.8 Å². The van der Waals surface area contributed by atoms with Crippen LogP contribution in [0.5, 0.6) is 5.75 Å². The largest absolute Gasteiger partial charge is 0.497 e. The van der Waals surface area contributed by atoms with E-state index < -0.39 is 0 Å². The molecule has 5 rings (SSSR count). The predicted molar refractivity (Wildman–Crippen MR) is 95.1 cm³/mol. The molecule has 0 radical (unpaired) electrons. The number of aromatic amines is 1. The molecule has 0 spiro atoms. The number of hydrogen-bond acceptors (Lipinski definition) is 4. The topological polar surface area (TPSA) is 54.0 Å². The highest BCUT2D eigenvalue weighted by atomic mass is 16.5. The van der Waals surface area contributed by atoms with E-state index in [2.05, 4.69) is 44.1 Å². The van der Waals surface area contributed by atoms with Gasteiger partial charge in [-0.1, -0.05) is 18.2 Å². The molecule has 0 fully saturated rings. The summed E-state index contributed by atoms with van der Waals surface area (Å²) in [6.07, 6.45) is 2.68. The summed E-state index contributed by atoms with van der Waals surface area (Å²) >= 11 is 0. The van der Waals surface area contributed by atoms with E-state index in [1.54, 1.807) is 13.4 Å². The lowest BCUT2D eigenvalue weighted by molar-refractivity contribution is 0.415. The minimum Gasteiger partial charge on any atom is -0.497 e. The first-order chi connectivity index (χ1) is 11.8. The lowest BCUT2D eigenvalue weighted by atomic mass is 10.2. The molecule has 2 aromatic heterocycles. The molecule has 0 aliphatic carbocycles. The summed E-state index contributed by atoms with van der Waals surface area (Å²) < 4.78 is 5.35. The second-order valence-electron chi connectivity index (χ2n) is 5.99. The molecule has 1 N–H and O–H groups in total. The van der Waals surface area contributed by atoms with Crippen LogP contribution < -0.4 is 9.64 Å². The van der Waals surface area contributed by atoms with E-state index in [-0.39, 0.29) is 0 Å². The highest BCUT2D eigenvalue weighted by molar-refractivity contribution is 6.09. The van der Waals surface area contributed by atoms with Crippen LogP contribution in [-0.4, -0.2) is 28.6 Å². The Kier molecular flexibility index (Phi) is 2.76. The molecule has 1 aliphatic heterocycles. The number of H-pyrrole nitrogens is 1. The van der Waals surface area contributed by atoms with Crippen LogP contribution >= 0.6 is 0 Å². The van der Waals surface area contributed by atoms with E-state index >= 15 is 0 Å². The summed E-state index contributed by atoms with van der Waals surface area (Å²) in [4.78, 5) is 14.8. The quantitative estimate of drug-likeness (QED) is 0.611. The summed E-state index contributed by atoms with van der Waals surface area (Å²) in [6.45, 7) is 0.935. The molecule has 5 nitrogen and oxygen atoms in total. The molecule has 0 bridgehead atoms. The summed E-state index contributed by atoms with van der Waals surface area (Å²) in [5, 5.41) is 1.06. The number of nitrogens with one attached hydrogen (secondary N) is 1. The Morgan fingerprint density at radius 3 is 2.96 bits per heavy atom. The third-order valence-electron chi connectivity index (χ3n) is 4.71.